The summed E-state index contributed by atoms with van der Waals surface area (Å²) in [5, 5.41) is 2.63. The Morgan fingerprint density at radius 2 is 1.77 bits per heavy atom. The second-order valence-electron chi connectivity index (χ2n) is 4.32. The summed E-state index contributed by atoms with van der Waals surface area (Å²) in [6.07, 6.45) is 2.97. The van der Waals surface area contributed by atoms with Crippen molar-refractivity contribution in [2.75, 3.05) is 18.5 Å². The number of esters is 1. The lowest BCUT2D eigenvalue weighted by atomic mass is 10.3. The molecule has 0 bridgehead atoms. The maximum atomic E-state index is 11.7. The predicted molar refractivity (Wildman–Crippen MR) is 80.8 cm³/mol. The normalized spacial score (nSPS) is 9.86. The number of carbonyl (C=O) groups excluding carboxylic acids is 2. The number of nitrogens with zero attached hydrogens (tertiary/aromatic N) is 1. The van der Waals surface area contributed by atoms with E-state index in [9.17, 15) is 9.59 Å². The minimum Gasteiger partial charge on any atom is -0.494 e. The quantitative estimate of drug-likeness (QED) is 0.828. The Morgan fingerprint density at radius 3 is 2.41 bits per heavy atom. The van der Waals surface area contributed by atoms with E-state index in [1.165, 1.54) is 24.5 Å². The van der Waals surface area contributed by atoms with Gasteiger partial charge in [-0.15, -0.1) is 0 Å². The molecule has 2 aromatic rings. The third kappa shape index (κ3) is 4.59. The van der Waals surface area contributed by atoms with Gasteiger partial charge < -0.3 is 14.8 Å². The van der Waals surface area contributed by atoms with Crippen LogP contribution in [0.2, 0.25) is 0 Å². The van der Waals surface area contributed by atoms with Gasteiger partial charge in [0.25, 0.3) is 5.91 Å². The van der Waals surface area contributed by atoms with Gasteiger partial charge in [0.1, 0.15) is 5.75 Å². The number of anilines is 1. The van der Waals surface area contributed by atoms with E-state index < -0.39 is 11.9 Å². The molecule has 114 valence electrons. The highest BCUT2D eigenvalue weighted by molar-refractivity contribution is 5.95. The van der Waals surface area contributed by atoms with Gasteiger partial charge in [0, 0.05) is 18.1 Å². The Balaban J connectivity index is 1.81. The number of pyridine rings is 1. The highest BCUT2D eigenvalue weighted by Crippen LogP contribution is 2.15. The van der Waals surface area contributed by atoms with Crippen LogP contribution in [0, 0.1) is 0 Å². The molecule has 0 fully saturated rings. The smallest absolute Gasteiger partial charge is 0.338 e. The summed E-state index contributed by atoms with van der Waals surface area (Å²) in [6, 6.07) is 9.98. The van der Waals surface area contributed by atoms with E-state index in [1.807, 2.05) is 6.92 Å². The number of hydrogen-bond donors (Lipinski definition) is 1. The molecule has 1 N–H and O–H groups in total. The first-order valence-corrected chi connectivity index (χ1v) is 6.79. The zero-order valence-corrected chi connectivity index (χ0v) is 12.1. The lowest BCUT2D eigenvalue weighted by Gasteiger charge is -2.08. The second kappa shape index (κ2) is 7.78. The predicted octanol–water partition coefficient (Wildman–Crippen LogP) is 2.28. The number of benzene rings is 1. The Kier molecular flexibility index (Phi) is 5.48. The van der Waals surface area contributed by atoms with Crippen molar-refractivity contribution in [3.8, 4) is 5.75 Å². The molecule has 0 saturated carbocycles. The zero-order chi connectivity index (χ0) is 15.8. The molecular formula is C16H16N2O4. The zero-order valence-electron chi connectivity index (χ0n) is 12.1. The average molecular weight is 300 g/mol. The molecule has 0 aliphatic heterocycles. The number of ether oxygens (including phenoxy) is 2. The maximum Gasteiger partial charge on any atom is 0.338 e. The molecule has 1 aromatic heterocycles. The van der Waals surface area contributed by atoms with Crippen LogP contribution < -0.4 is 10.1 Å². The van der Waals surface area contributed by atoms with Gasteiger partial charge >= 0.3 is 5.97 Å². The molecule has 0 aliphatic rings. The van der Waals surface area contributed by atoms with Gasteiger partial charge in [-0.3, -0.25) is 9.78 Å². The summed E-state index contributed by atoms with van der Waals surface area (Å²) < 4.78 is 10.2. The number of hydrogen-bond acceptors (Lipinski definition) is 5. The number of rotatable bonds is 6. The third-order valence-electron chi connectivity index (χ3n) is 2.70. The minimum atomic E-state index is -0.566. The van der Waals surface area contributed by atoms with Crippen molar-refractivity contribution in [1.82, 2.24) is 4.98 Å². The van der Waals surface area contributed by atoms with Crippen molar-refractivity contribution in [3.05, 3.63) is 54.4 Å². The van der Waals surface area contributed by atoms with Crippen molar-refractivity contribution in [3.63, 3.8) is 0 Å². The van der Waals surface area contributed by atoms with Crippen LogP contribution in [0.3, 0.4) is 0 Å². The van der Waals surface area contributed by atoms with Crippen LogP contribution in [0.5, 0.6) is 5.75 Å². The minimum absolute atomic E-state index is 0.351. The van der Waals surface area contributed by atoms with Crippen molar-refractivity contribution < 1.29 is 19.1 Å². The van der Waals surface area contributed by atoms with Gasteiger partial charge in [-0.05, 0) is 43.3 Å². The number of amides is 1. The van der Waals surface area contributed by atoms with E-state index in [0.717, 1.165) is 5.75 Å². The number of nitrogens with one attached hydrogen (secondary N) is 1. The molecule has 2 rings (SSSR count). The van der Waals surface area contributed by atoms with Gasteiger partial charge in [0.15, 0.2) is 6.61 Å². The summed E-state index contributed by atoms with van der Waals surface area (Å²) in [5.41, 5.74) is 0.956. The van der Waals surface area contributed by atoms with E-state index in [1.54, 1.807) is 24.3 Å². The lowest BCUT2D eigenvalue weighted by molar-refractivity contribution is -0.119. The topological polar surface area (TPSA) is 77.5 Å². The fourth-order valence-corrected chi connectivity index (χ4v) is 1.70. The molecule has 0 unspecified atom stereocenters. The van der Waals surface area contributed by atoms with Crippen molar-refractivity contribution >= 4 is 17.6 Å². The fourth-order valence-electron chi connectivity index (χ4n) is 1.70. The first kappa shape index (κ1) is 15.5. The molecule has 1 heterocycles. The SMILES string of the molecule is CCOc1ccc(NC(=O)COC(=O)c2ccncc2)cc1. The van der Waals surface area contributed by atoms with Gasteiger partial charge in [-0.1, -0.05) is 0 Å². The fraction of sp³-hybridized carbons (Fsp3) is 0.188. The molecular weight excluding hydrogens is 284 g/mol. The van der Waals surface area contributed by atoms with Crippen LogP contribution >= 0.6 is 0 Å². The summed E-state index contributed by atoms with van der Waals surface area (Å²) in [5.74, 6) is -0.250. The van der Waals surface area contributed by atoms with Crippen LogP contribution in [0.25, 0.3) is 0 Å². The van der Waals surface area contributed by atoms with Gasteiger partial charge in [0.05, 0.1) is 12.2 Å². The highest BCUT2D eigenvalue weighted by atomic mass is 16.5. The molecule has 1 amide bonds. The lowest BCUT2D eigenvalue weighted by Crippen LogP contribution is -2.20. The Morgan fingerprint density at radius 1 is 1.09 bits per heavy atom. The second-order valence-corrected chi connectivity index (χ2v) is 4.32. The van der Waals surface area contributed by atoms with Crippen LogP contribution in [-0.2, 0) is 9.53 Å². The third-order valence-corrected chi connectivity index (χ3v) is 2.70. The molecule has 0 spiro atoms. The standard InChI is InChI=1S/C16H16N2O4/c1-2-21-14-5-3-13(4-6-14)18-15(19)11-22-16(20)12-7-9-17-10-8-12/h3-10H,2,11H2,1H3,(H,18,19). The van der Waals surface area contributed by atoms with Crippen molar-refractivity contribution in [2.45, 2.75) is 6.92 Å². The first-order valence-electron chi connectivity index (χ1n) is 6.79. The van der Waals surface area contributed by atoms with Gasteiger partial charge in [0.2, 0.25) is 0 Å². The van der Waals surface area contributed by atoms with E-state index in [4.69, 9.17) is 9.47 Å². The Bertz CT molecular complexity index is 626. The van der Waals surface area contributed by atoms with Crippen LogP contribution in [-0.4, -0.2) is 30.1 Å². The molecule has 1 aromatic carbocycles. The molecule has 0 radical (unpaired) electrons. The van der Waals surface area contributed by atoms with Crippen molar-refractivity contribution in [2.24, 2.45) is 0 Å². The van der Waals surface area contributed by atoms with Crippen LogP contribution in [0.15, 0.2) is 48.8 Å². The average Bonchev–Trinajstić information content (AvgIpc) is 2.55. The van der Waals surface area contributed by atoms with E-state index >= 15 is 0 Å². The summed E-state index contributed by atoms with van der Waals surface area (Å²) in [7, 11) is 0. The Hall–Kier alpha value is -2.89. The molecule has 0 atom stereocenters. The molecule has 0 aliphatic carbocycles. The van der Waals surface area contributed by atoms with Gasteiger partial charge in [-0.2, -0.15) is 0 Å². The molecule has 6 heteroatoms. The summed E-state index contributed by atoms with van der Waals surface area (Å²) in [6.45, 7) is 2.12. The number of aromatic nitrogens is 1. The van der Waals surface area contributed by atoms with E-state index in [2.05, 4.69) is 10.3 Å². The molecule has 0 saturated heterocycles. The summed E-state index contributed by atoms with van der Waals surface area (Å²) in [4.78, 5) is 27.2. The van der Waals surface area contributed by atoms with E-state index in [0.29, 0.717) is 17.9 Å². The highest BCUT2D eigenvalue weighted by Gasteiger charge is 2.10. The summed E-state index contributed by atoms with van der Waals surface area (Å²) >= 11 is 0. The Labute approximate surface area is 128 Å². The van der Waals surface area contributed by atoms with Crippen LogP contribution in [0.4, 0.5) is 5.69 Å². The maximum absolute atomic E-state index is 11.7. The molecule has 22 heavy (non-hydrogen) atoms. The largest absolute Gasteiger partial charge is 0.494 e. The van der Waals surface area contributed by atoms with Crippen LogP contribution in [0.1, 0.15) is 17.3 Å². The number of carbonyl (C=O) groups is 2. The first-order chi connectivity index (χ1) is 10.7. The van der Waals surface area contributed by atoms with Crippen molar-refractivity contribution in [1.29, 1.82) is 0 Å². The van der Waals surface area contributed by atoms with Gasteiger partial charge in [-0.25, -0.2) is 4.79 Å². The molecule has 6 nitrogen and oxygen atoms in total. The monoisotopic (exact) mass is 300 g/mol. The van der Waals surface area contributed by atoms with E-state index in [-0.39, 0.29) is 6.61 Å².